The van der Waals surface area contributed by atoms with Gasteiger partial charge in [-0.1, -0.05) is 0 Å². The first-order chi connectivity index (χ1) is 9.02. The van der Waals surface area contributed by atoms with Crippen molar-refractivity contribution in [2.24, 2.45) is 0 Å². The summed E-state index contributed by atoms with van der Waals surface area (Å²) in [5.41, 5.74) is 4.05. The highest BCUT2D eigenvalue weighted by atomic mass is 16.2. The Morgan fingerprint density at radius 3 is 2.74 bits per heavy atom. The molecule has 0 bridgehead atoms. The van der Waals surface area contributed by atoms with E-state index in [1.807, 2.05) is 11.9 Å². The lowest BCUT2D eigenvalue weighted by molar-refractivity contribution is -0.132. The van der Waals surface area contributed by atoms with Crippen molar-refractivity contribution in [1.82, 2.24) is 14.8 Å². The molecule has 0 aromatic carbocycles. The van der Waals surface area contributed by atoms with Gasteiger partial charge in [0.05, 0.1) is 0 Å². The number of aryl methyl sites for hydroxylation is 1. The smallest absolute Gasteiger partial charge is 0.222 e. The zero-order valence-corrected chi connectivity index (χ0v) is 12.5. The molecule has 1 aromatic heterocycles. The third-order valence-electron chi connectivity index (χ3n) is 4.20. The Morgan fingerprint density at radius 2 is 2.16 bits per heavy atom. The lowest BCUT2D eigenvalue weighted by Crippen LogP contribution is -2.46. The number of likely N-dealkylation sites (N-methyl/N-ethyl adjacent to an activating group) is 1. The van der Waals surface area contributed by atoms with E-state index in [4.69, 9.17) is 0 Å². The summed E-state index contributed by atoms with van der Waals surface area (Å²) in [5.74, 6) is 0.266. The van der Waals surface area contributed by atoms with Crippen molar-refractivity contribution >= 4 is 5.91 Å². The molecule has 1 amide bonds. The van der Waals surface area contributed by atoms with Crippen molar-refractivity contribution < 1.29 is 4.79 Å². The van der Waals surface area contributed by atoms with Crippen LogP contribution in [0.25, 0.3) is 0 Å². The van der Waals surface area contributed by atoms with Gasteiger partial charge in [-0.25, -0.2) is 0 Å². The highest BCUT2D eigenvalue weighted by Crippen LogP contribution is 2.16. The number of rotatable bonds is 4. The molecule has 19 heavy (non-hydrogen) atoms. The molecule has 0 aliphatic carbocycles. The molecule has 1 aromatic rings. The van der Waals surface area contributed by atoms with Crippen LogP contribution in [0.2, 0.25) is 0 Å². The van der Waals surface area contributed by atoms with Crippen LogP contribution in [0.15, 0.2) is 6.07 Å². The molecular formula is C15H25N3O. The van der Waals surface area contributed by atoms with E-state index in [1.165, 1.54) is 17.0 Å². The first kappa shape index (κ1) is 14.1. The fourth-order valence-electron chi connectivity index (χ4n) is 2.97. The van der Waals surface area contributed by atoms with Gasteiger partial charge in [-0.05, 0) is 38.8 Å². The van der Waals surface area contributed by atoms with Gasteiger partial charge >= 0.3 is 0 Å². The van der Waals surface area contributed by atoms with Gasteiger partial charge in [0.2, 0.25) is 5.91 Å². The van der Waals surface area contributed by atoms with E-state index in [2.05, 4.69) is 36.7 Å². The maximum atomic E-state index is 11.4. The molecule has 1 saturated heterocycles. The fourth-order valence-corrected chi connectivity index (χ4v) is 2.97. The van der Waals surface area contributed by atoms with Crippen molar-refractivity contribution in [2.75, 3.05) is 13.6 Å². The molecule has 1 N–H and O–H groups in total. The maximum Gasteiger partial charge on any atom is 0.222 e. The quantitative estimate of drug-likeness (QED) is 0.900. The standard InChI is InChI=1S/C15H25N3O/c1-5-18-11(2)8-13(12(18)3)9-16-14-6-7-15(19)17(4)10-14/h8,14,16H,5-7,9-10H2,1-4H3. The second-order valence-corrected chi connectivity index (χ2v) is 5.53. The van der Waals surface area contributed by atoms with Crippen molar-refractivity contribution in [2.45, 2.75) is 52.7 Å². The summed E-state index contributed by atoms with van der Waals surface area (Å²) in [7, 11) is 1.89. The van der Waals surface area contributed by atoms with Gasteiger partial charge < -0.3 is 14.8 Å². The molecular weight excluding hydrogens is 238 g/mol. The van der Waals surface area contributed by atoms with Crippen LogP contribution < -0.4 is 5.32 Å². The Hall–Kier alpha value is -1.29. The van der Waals surface area contributed by atoms with Gasteiger partial charge in [0.15, 0.2) is 0 Å². The number of hydrogen-bond donors (Lipinski definition) is 1. The lowest BCUT2D eigenvalue weighted by atomic mass is 10.1. The van der Waals surface area contributed by atoms with Gasteiger partial charge in [0.1, 0.15) is 0 Å². The van der Waals surface area contributed by atoms with Crippen molar-refractivity contribution in [1.29, 1.82) is 0 Å². The number of aromatic nitrogens is 1. The second-order valence-electron chi connectivity index (χ2n) is 5.53. The van der Waals surface area contributed by atoms with Crippen LogP contribution >= 0.6 is 0 Å². The molecule has 1 aliphatic heterocycles. The van der Waals surface area contributed by atoms with Crippen LogP contribution in [0.5, 0.6) is 0 Å². The molecule has 0 saturated carbocycles. The minimum Gasteiger partial charge on any atom is -0.349 e. The maximum absolute atomic E-state index is 11.4. The van der Waals surface area contributed by atoms with E-state index in [1.54, 1.807) is 0 Å². The summed E-state index contributed by atoms with van der Waals surface area (Å²) in [5, 5.41) is 3.59. The lowest BCUT2D eigenvalue weighted by Gasteiger charge is -2.30. The molecule has 1 fully saturated rings. The van der Waals surface area contributed by atoms with Gasteiger partial charge in [0.25, 0.3) is 0 Å². The van der Waals surface area contributed by atoms with Crippen LogP contribution in [0.4, 0.5) is 0 Å². The SMILES string of the molecule is CCn1c(C)cc(CNC2CCC(=O)N(C)C2)c1C. The second kappa shape index (κ2) is 5.78. The van der Waals surface area contributed by atoms with Crippen LogP contribution in [0.1, 0.15) is 36.7 Å². The third-order valence-corrected chi connectivity index (χ3v) is 4.20. The van der Waals surface area contributed by atoms with E-state index >= 15 is 0 Å². The highest BCUT2D eigenvalue weighted by Gasteiger charge is 2.22. The summed E-state index contributed by atoms with van der Waals surface area (Å²) in [6.07, 6.45) is 1.62. The monoisotopic (exact) mass is 263 g/mol. The third kappa shape index (κ3) is 3.00. The molecule has 2 rings (SSSR count). The first-order valence-corrected chi connectivity index (χ1v) is 7.15. The zero-order chi connectivity index (χ0) is 14.0. The Kier molecular flexibility index (Phi) is 4.30. The predicted molar refractivity (Wildman–Crippen MR) is 77.1 cm³/mol. The fraction of sp³-hybridized carbons (Fsp3) is 0.667. The largest absolute Gasteiger partial charge is 0.349 e. The molecule has 1 aliphatic rings. The first-order valence-electron chi connectivity index (χ1n) is 7.15. The van der Waals surface area contributed by atoms with Gasteiger partial charge in [0, 0.05) is 50.5 Å². The molecule has 1 unspecified atom stereocenters. The minimum absolute atomic E-state index is 0.266. The summed E-state index contributed by atoms with van der Waals surface area (Å²) in [4.78, 5) is 13.3. The molecule has 0 radical (unpaired) electrons. The van der Waals surface area contributed by atoms with E-state index < -0.39 is 0 Å². The van der Waals surface area contributed by atoms with Crippen molar-refractivity contribution in [3.63, 3.8) is 0 Å². The molecule has 2 heterocycles. The Bertz CT molecular complexity index is 464. The number of likely N-dealkylation sites (tertiary alicyclic amines) is 1. The van der Waals surface area contributed by atoms with Gasteiger partial charge in [-0.2, -0.15) is 0 Å². The van der Waals surface area contributed by atoms with Crippen molar-refractivity contribution in [3.8, 4) is 0 Å². The number of piperidine rings is 1. The van der Waals surface area contributed by atoms with E-state index in [9.17, 15) is 4.79 Å². The number of carbonyl (C=O) groups excluding carboxylic acids is 1. The number of nitrogens with zero attached hydrogens (tertiary/aromatic N) is 2. The highest BCUT2D eigenvalue weighted by molar-refractivity contribution is 5.76. The average molecular weight is 263 g/mol. The van der Waals surface area contributed by atoms with Gasteiger partial charge in [-0.3, -0.25) is 4.79 Å². The normalized spacial score (nSPS) is 20.1. The van der Waals surface area contributed by atoms with Crippen LogP contribution in [-0.4, -0.2) is 35.0 Å². The van der Waals surface area contributed by atoms with Crippen LogP contribution in [-0.2, 0) is 17.9 Å². The zero-order valence-electron chi connectivity index (χ0n) is 12.5. The Balaban J connectivity index is 1.94. The number of nitrogens with one attached hydrogen (secondary N) is 1. The molecule has 106 valence electrons. The van der Waals surface area contributed by atoms with Crippen molar-refractivity contribution in [3.05, 3.63) is 23.0 Å². The topological polar surface area (TPSA) is 37.3 Å². The van der Waals surface area contributed by atoms with E-state index in [0.717, 1.165) is 26.1 Å². The minimum atomic E-state index is 0.266. The summed E-state index contributed by atoms with van der Waals surface area (Å²) in [6, 6.07) is 2.69. The molecule has 1 atom stereocenters. The molecule has 0 spiro atoms. The number of hydrogen-bond acceptors (Lipinski definition) is 2. The molecule has 4 nitrogen and oxygen atoms in total. The van der Waals surface area contributed by atoms with E-state index in [-0.39, 0.29) is 5.91 Å². The van der Waals surface area contributed by atoms with E-state index in [0.29, 0.717) is 12.5 Å². The number of carbonyl (C=O) groups is 1. The Labute approximate surface area is 115 Å². The predicted octanol–water partition coefficient (Wildman–Crippen LogP) is 1.84. The molecule has 4 heteroatoms. The number of amides is 1. The Morgan fingerprint density at radius 1 is 1.42 bits per heavy atom. The van der Waals surface area contributed by atoms with Gasteiger partial charge in [-0.15, -0.1) is 0 Å². The van der Waals surface area contributed by atoms with Crippen LogP contribution in [0.3, 0.4) is 0 Å². The van der Waals surface area contributed by atoms with Crippen LogP contribution in [0, 0.1) is 13.8 Å². The summed E-state index contributed by atoms with van der Waals surface area (Å²) >= 11 is 0. The average Bonchev–Trinajstić information content (AvgIpc) is 2.65. The summed E-state index contributed by atoms with van der Waals surface area (Å²) in [6.45, 7) is 9.27. The summed E-state index contributed by atoms with van der Waals surface area (Å²) < 4.78 is 2.34.